The van der Waals surface area contributed by atoms with Crippen molar-refractivity contribution >= 4 is 17.2 Å². The lowest BCUT2D eigenvalue weighted by Crippen LogP contribution is -2.54. The summed E-state index contributed by atoms with van der Waals surface area (Å²) in [6.45, 7) is 9.73. The van der Waals surface area contributed by atoms with Gasteiger partial charge in [-0.15, -0.1) is 0 Å². The molecule has 0 unspecified atom stereocenters. The van der Waals surface area contributed by atoms with Crippen LogP contribution < -0.4 is 10.1 Å². The van der Waals surface area contributed by atoms with Crippen LogP contribution in [-0.2, 0) is 0 Å². The SMILES string of the molecule is CC(C)(C)NC(=S)[C@@H]1c2cc(C#N)ccc2OC(C)(C)[C@@H]1O. The molecule has 0 amide bonds. The lowest BCUT2D eigenvalue weighted by atomic mass is 9.80. The van der Waals surface area contributed by atoms with Crippen molar-refractivity contribution in [1.82, 2.24) is 5.32 Å². The first-order chi connectivity index (χ1) is 10.0. The summed E-state index contributed by atoms with van der Waals surface area (Å²) in [7, 11) is 0. The summed E-state index contributed by atoms with van der Waals surface area (Å²) in [4.78, 5) is 0.563. The zero-order valence-corrected chi connectivity index (χ0v) is 14.4. The predicted octanol–water partition coefficient (Wildman–Crippen LogP) is 2.89. The lowest BCUT2D eigenvalue weighted by molar-refractivity contribution is -0.0469. The molecule has 1 aromatic rings. The Balaban J connectivity index is 2.51. The van der Waals surface area contributed by atoms with E-state index in [-0.39, 0.29) is 5.54 Å². The Labute approximate surface area is 137 Å². The van der Waals surface area contributed by atoms with Crippen molar-refractivity contribution in [2.75, 3.05) is 0 Å². The van der Waals surface area contributed by atoms with Gasteiger partial charge in [0.15, 0.2) is 0 Å². The fourth-order valence-electron chi connectivity index (χ4n) is 2.60. The van der Waals surface area contributed by atoms with Crippen LogP contribution in [0.15, 0.2) is 18.2 Å². The van der Waals surface area contributed by atoms with E-state index in [9.17, 15) is 5.11 Å². The first-order valence-corrected chi connectivity index (χ1v) is 7.69. The molecule has 1 heterocycles. The smallest absolute Gasteiger partial charge is 0.130 e. The molecule has 2 atom stereocenters. The van der Waals surface area contributed by atoms with Crippen molar-refractivity contribution in [3.8, 4) is 11.8 Å². The zero-order valence-electron chi connectivity index (χ0n) is 13.6. The number of aliphatic hydroxyl groups is 1. The molecule has 22 heavy (non-hydrogen) atoms. The van der Waals surface area contributed by atoms with Crippen LogP contribution >= 0.6 is 12.2 Å². The highest BCUT2D eigenvalue weighted by atomic mass is 32.1. The second kappa shape index (κ2) is 5.53. The normalized spacial score (nSPS) is 23.0. The summed E-state index contributed by atoms with van der Waals surface area (Å²) < 4.78 is 5.89. The first kappa shape index (κ1) is 16.7. The summed E-state index contributed by atoms with van der Waals surface area (Å²) in [6, 6.07) is 7.35. The van der Waals surface area contributed by atoms with Crippen LogP contribution in [0.1, 0.15) is 51.7 Å². The molecule has 1 aliphatic rings. The van der Waals surface area contributed by atoms with Gasteiger partial charge in [-0.3, -0.25) is 0 Å². The van der Waals surface area contributed by atoms with E-state index in [1.165, 1.54) is 0 Å². The number of rotatable bonds is 1. The monoisotopic (exact) mass is 318 g/mol. The quantitative estimate of drug-likeness (QED) is 0.780. The minimum absolute atomic E-state index is 0.202. The fourth-order valence-corrected chi connectivity index (χ4v) is 3.16. The molecule has 0 saturated heterocycles. The van der Waals surface area contributed by atoms with Gasteiger partial charge in [-0.2, -0.15) is 5.26 Å². The third-order valence-electron chi connectivity index (χ3n) is 3.66. The number of nitrogens with one attached hydrogen (secondary N) is 1. The Morgan fingerprint density at radius 1 is 1.41 bits per heavy atom. The van der Waals surface area contributed by atoms with E-state index >= 15 is 0 Å². The number of aliphatic hydroxyl groups excluding tert-OH is 1. The van der Waals surface area contributed by atoms with Gasteiger partial charge in [0.2, 0.25) is 0 Å². The Morgan fingerprint density at radius 3 is 2.59 bits per heavy atom. The number of thiocarbonyl (C=S) groups is 1. The summed E-state index contributed by atoms with van der Waals surface area (Å²) >= 11 is 5.55. The van der Waals surface area contributed by atoms with Gasteiger partial charge in [0, 0.05) is 11.1 Å². The molecule has 2 rings (SSSR count). The molecule has 1 aromatic carbocycles. The van der Waals surface area contributed by atoms with Crippen molar-refractivity contribution < 1.29 is 9.84 Å². The van der Waals surface area contributed by atoms with E-state index in [4.69, 9.17) is 22.2 Å². The molecule has 0 spiro atoms. The van der Waals surface area contributed by atoms with Crippen LogP contribution in [0, 0.1) is 11.3 Å². The van der Waals surface area contributed by atoms with Gasteiger partial charge < -0.3 is 15.2 Å². The highest BCUT2D eigenvalue weighted by molar-refractivity contribution is 7.80. The molecule has 1 aliphatic heterocycles. The van der Waals surface area contributed by atoms with Crippen LogP contribution in [0.5, 0.6) is 5.75 Å². The third kappa shape index (κ3) is 3.23. The summed E-state index contributed by atoms with van der Waals surface area (Å²) in [5.41, 5.74) is 0.326. The van der Waals surface area contributed by atoms with Crippen LogP contribution in [-0.4, -0.2) is 27.3 Å². The maximum Gasteiger partial charge on any atom is 0.130 e. The number of benzene rings is 1. The fraction of sp³-hybridized carbons (Fsp3) is 0.529. The molecule has 118 valence electrons. The van der Waals surface area contributed by atoms with Crippen molar-refractivity contribution in [3.63, 3.8) is 0 Å². The predicted molar refractivity (Wildman–Crippen MR) is 90.1 cm³/mol. The Morgan fingerprint density at radius 2 is 2.05 bits per heavy atom. The third-order valence-corrected chi connectivity index (χ3v) is 4.01. The van der Waals surface area contributed by atoms with E-state index in [0.717, 1.165) is 5.56 Å². The minimum Gasteiger partial charge on any atom is -0.485 e. The molecule has 0 aromatic heterocycles. The maximum atomic E-state index is 10.7. The van der Waals surface area contributed by atoms with Crippen molar-refractivity contribution in [2.24, 2.45) is 0 Å². The molecule has 0 bridgehead atoms. The van der Waals surface area contributed by atoms with E-state index in [1.54, 1.807) is 18.2 Å². The number of nitrogens with zero attached hydrogens (tertiary/aromatic N) is 1. The minimum atomic E-state index is -0.795. The lowest BCUT2D eigenvalue weighted by Gasteiger charge is -2.43. The molecule has 5 heteroatoms. The number of fused-ring (bicyclic) bond motifs is 1. The van der Waals surface area contributed by atoms with E-state index in [2.05, 4.69) is 11.4 Å². The highest BCUT2D eigenvalue weighted by Gasteiger charge is 2.45. The van der Waals surface area contributed by atoms with Gasteiger partial charge in [-0.05, 0) is 52.8 Å². The number of ether oxygens (including phenoxy) is 1. The van der Waals surface area contributed by atoms with Crippen molar-refractivity contribution in [3.05, 3.63) is 29.3 Å². The molecular weight excluding hydrogens is 296 g/mol. The molecule has 2 N–H and O–H groups in total. The Hall–Kier alpha value is -1.64. The second-order valence-corrected chi connectivity index (χ2v) is 7.67. The second-order valence-electron chi connectivity index (χ2n) is 7.23. The van der Waals surface area contributed by atoms with Gasteiger partial charge in [0.1, 0.15) is 17.5 Å². The zero-order chi connectivity index (χ0) is 16.7. The summed E-state index contributed by atoms with van der Waals surface area (Å²) in [6.07, 6.45) is -0.795. The van der Waals surface area contributed by atoms with E-state index < -0.39 is 17.6 Å². The van der Waals surface area contributed by atoms with E-state index in [0.29, 0.717) is 16.3 Å². The highest BCUT2D eigenvalue weighted by Crippen LogP contribution is 2.42. The van der Waals surface area contributed by atoms with Crippen molar-refractivity contribution in [1.29, 1.82) is 5.26 Å². The average molecular weight is 318 g/mol. The van der Waals surface area contributed by atoms with Gasteiger partial charge in [0.05, 0.1) is 22.5 Å². The summed E-state index contributed by atoms with van der Waals surface area (Å²) in [5, 5.41) is 23.1. The first-order valence-electron chi connectivity index (χ1n) is 7.28. The molecule has 4 nitrogen and oxygen atoms in total. The molecule has 0 radical (unpaired) electrons. The van der Waals surface area contributed by atoms with Gasteiger partial charge in [-0.25, -0.2) is 0 Å². The Bertz CT molecular complexity index is 641. The van der Waals surface area contributed by atoms with Gasteiger partial charge >= 0.3 is 0 Å². The maximum absolute atomic E-state index is 10.7. The molecule has 0 saturated carbocycles. The van der Waals surface area contributed by atoms with Crippen molar-refractivity contribution in [2.45, 2.75) is 57.8 Å². The topological polar surface area (TPSA) is 65.3 Å². The van der Waals surface area contributed by atoms with E-state index in [1.807, 2.05) is 34.6 Å². The largest absolute Gasteiger partial charge is 0.485 e. The average Bonchev–Trinajstić information content (AvgIpc) is 2.37. The number of nitriles is 1. The van der Waals surface area contributed by atoms with Crippen LogP contribution in [0.3, 0.4) is 0 Å². The molecule has 0 aliphatic carbocycles. The van der Waals surface area contributed by atoms with Gasteiger partial charge in [-0.1, -0.05) is 12.2 Å². The molecule has 0 fully saturated rings. The van der Waals surface area contributed by atoms with Crippen LogP contribution in [0.25, 0.3) is 0 Å². The number of hydrogen-bond acceptors (Lipinski definition) is 4. The Kier molecular flexibility index (Phi) is 4.20. The van der Waals surface area contributed by atoms with Crippen LogP contribution in [0.2, 0.25) is 0 Å². The number of hydrogen-bond donors (Lipinski definition) is 2. The molecular formula is C17H22N2O2S. The standard InChI is InChI=1S/C17H22N2O2S/c1-16(2,3)19-15(22)13-11-8-10(9-18)6-7-12(11)21-17(4,5)14(13)20/h6-8,13-14,20H,1-5H3,(H,19,22)/t13-,14-/m1/s1. The van der Waals surface area contributed by atoms with Gasteiger partial charge in [0.25, 0.3) is 0 Å². The van der Waals surface area contributed by atoms with Crippen LogP contribution in [0.4, 0.5) is 0 Å². The summed E-state index contributed by atoms with van der Waals surface area (Å²) in [5.74, 6) is 0.263.